The second-order valence-electron chi connectivity index (χ2n) is 6.65. The highest BCUT2D eigenvalue weighted by atomic mass is 16.5. The third kappa shape index (κ3) is 4.83. The zero-order valence-corrected chi connectivity index (χ0v) is 14.6. The lowest BCUT2D eigenvalue weighted by Gasteiger charge is -2.29. The van der Waals surface area contributed by atoms with Gasteiger partial charge in [-0.1, -0.05) is 36.4 Å². The summed E-state index contributed by atoms with van der Waals surface area (Å²) < 4.78 is 5.90. The number of carbonyl (C=O) groups is 1. The van der Waals surface area contributed by atoms with Crippen LogP contribution < -0.4 is 4.74 Å². The van der Waals surface area contributed by atoms with Crippen molar-refractivity contribution in [3.8, 4) is 5.75 Å². The van der Waals surface area contributed by atoms with Gasteiger partial charge in [0.1, 0.15) is 12.4 Å². The van der Waals surface area contributed by atoms with Gasteiger partial charge in [-0.15, -0.1) is 0 Å². The molecular formula is C21H25NO3. The van der Waals surface area contributed by atoms with Gasteiger partial charge in [0, 0.05) is 13.1 Å². The van der Waals surface area contributed by atoms with Gasteiger partial charge in [0.2, 0.25) is 5.91 Å². The van der Waals surface area contributed by atoms with Gasteiger partial charge >= 0.3 is 0 Å². The molecule has 0 spiro atoms. The van der Waals surface area contributed by atoms with Crippen LogP contribution in [0.3, 0.4) is 0 Å². The van der Waals surface area contributed by atoms with Crippen molar-refractivity contribution in [1.82, 2.24) is 4.90 Å². The molecule has 1 amide bonds. The highest BCUT2D eigenvalue weighted by Crippen LogP contribution is 2.18. The number of piperidine rings is 1. The van der Waals surface area contributed by atoms with Gasteiger partial charge in [-0.3, -0.25) is 4.79 Å². The summed E-state index contributed by atoms with van der Waals surface area (Å²) in [4.78, 5) is 14.3. The first kappa shape index (κ1) is 17.5. The molecule has 1 N–H and O–H groups in total. The van der Waals surface area contributed by atoms with Crippen LogP contribution in [0.5, 0.6) is 5.75 Å². The molecule has 0 aliphatic carbocycles. The second kappa shape index (κ2) is 8.17. The number of aliphatic hydroxyl groups is 1. The minimum absolute atomic E-state index is 0.114. The summed E-state index contributed by atoms with van der Waals surface area (Å²) in [5, 5.41) is 9.55. The lowest BCUT2D eigenvalue weighted by atomic mass is 10.1. The summed E-state index contributed by atoms with van der Waals surface area (Å²) in [7, 11) is 0. The summed E-state index contributed by atoms with van der Waals surface area (Å²) in [6.07, 6.45) is 1.45. The van der Waals surface area contributed by atoms with E-state index >= 15 is 0 Å². The summed E-state index contributed by atoms with van der Waals surface area (Å²) in [6, 6.07) is 15.9. The molecule has 0 aromatic heterocycles. The minimum Gasteiger partial charge on any atom is -0.489 e. The molecule has 132 valence electrons. The highest BCUT2D eigenvalue weighted by molar-refractivity contribution is 5.79. The van der Waals surface area contributed by atoms with E-state index in [0.717, 1.165) is 16.9 Å². The highest BCUT2D eigenvalue weighted by Gasteiger charge is 2.21. The van der Waals surface area contributed by atoms with Gasteiger partial charge in [0.25, 0.3) is 0 Å². The Morgan fingerprint density at radius 2 is 1.92 bits per heavy atom. The molecule has 25 heavy (non-hydrogen) atoms. The van der Waals surface area contributed by atoms with Crippen LogP contribution in [0.15, 0.2) is 48.5 Å². The summed E-state index contributed by atoms with van der Waals surface area (Å²) in [6.45, 7) is 3.88. The smallest absolute Gasteiger partial charge is 0.226 e. The van der Waals surface area contributed by atoms with Crippen molar-refractivity contribution in [3.63, 3.8) is 0 Å². The van der Waals surface area contributed by atoms with Crippen molar-refractivity contribution in [2.45, 2.75) is 38.9 Å². The molecule has 0 radical (unpaired) electrons. The Morgan fingerprint density at radius 3 is 2.68 bits per heavy atom. The van der Waals surface area contributed by atoms with Crippen molar-refractivity contribution < 1.29 is 14.6 Å². The Balaban J connectivity index is 1.58. The second-order valence-corrected chi connectivity index (χ2v) is 6.65. The van der Waals surface area contributed by atoms with Crippen LogP contribution in [0.2, 0.25) is 0 Å². The van der Waals surface area contributed by atoms with Crippen LogP contribution in [0.25, 0.3) is 0 Å². The maximum absolute atomic E-state index is 12.4. The first-order valence-corrected chi connectivity index (χ1v) is 8.84. The molecule has 2 aromatic carbocycles. The van der Waals surface area contributed by atoms with Crippen molar-refractivity contribution >= 4 is 5.91 Å². The maximum Gasteiger partial charge on any atom is 0.226 e. The number of benzene rings is 2. The lowest BCUT2D eigenvalue weighted by molar-refractivity contribution is -0.132. The summed E-state index contributed by atoms with van der Waals surface area (Å²) in [5.74, 6) is 0.894. The number of amides is 1. The third-order valence-electron chi connectivity index (χ3n) is 4.73. The van der Waals surface area contributed by atoms with Gasteiger partial charge in [-0.2, -0.15) is 0 Å². The Bertz CT molecular complexity index is 721. The maximum atomic E-state index is 12.4. The van der Waals surface area contributed by atoms with E-state index in [0.29, 0.717) is 39.0 Å². The van der Waals surface area contributed by atoms with E-state index in [2.05, 4.69) is 19.1 Å². The van der Waals surface area contributed by atoms with Gasteiger partial charge < -0.3 is 14.7 Å². The average Bonchev–Trinajstić information content (AvgIpc) is 2.62. The van der Waals surface area contributed by atoms with Crippen LogP contribution in [0, 0.1) is 6.92 Å². The fourth-order valence-corrected chi connectivity index (χ4v) is 3.08. The first-order chi connectivity index (χ1) is 12.1. The van der Waals surface area contributed by atoms with Crippen molar-refractivity contribution in [2.75, 3.05) is 13.1 Å². The molecule has 1 aliphatic heterocycles. The third-order valence-corrected chi connectivity index (χ3v) is 4.73. The molecule has 1 saturated heterocycles. The number of hydrogen-bond acceptors (Lipinski definition) is 3. The van der Waals surface area contributed by atoms with Crippen LogP contribution in [0.1, 0.15) is 29.5 Å². The summed E-state index contributed by atoms with van der Waals surface area (Å²) >= 11 is 0. The normalized spacial score (nSPS) is 15.2. The van der Waals surface area contributed by atoms with Crippen molar-refractivity contribution in [1.29, 1.82) is 0 Å². The topological polar surface area (TPSA) is 49.8 Å². The van der Waals surface area contributed by atoms with E-state index in [-0.39, 0.29) is 12.0 Å². The predicted molar refractivity (Wildman–Crippen MR) is 97.5 cm³/mol. The monoisotopic (exact) mass is 339 g/mol. The van der Waals surface area contributed by atoms with Crippen LogP contribution in [0.4, 0.5) is 0 Å². The molecule has 3 rings (SSSR count). The molecule has 2 aromatic rings. The van der Waals surface area contributed by atoms with Crippen LogP contribution in [-0.4, -0.2) is 35.1 Å². The Kier molecular flexibility index (Phi) is 5.71. The quantitative estimate of drug-likeness (QED) is 0.911. The lowest BCUT2D eigenvalue weighted by Crippen LogP contribution is -2.40. The number of likely N-dealkylation sites (tertiary alicyclic amines) is 1. The molecule has 1 heterocycles. The van der Waals surface area contributed by atoms with E-state index in [9.17, 15) is 9.90 Å². The van der Waals surface area contributed by atoms with Crippen molar-refractivity contribution in [3.05, 3.63) is 65.2 Å². The molecule has 1 aliphatic rings. The zero-order chi connectivity index (χ0) is 17.6. The molecular weight excluding hydrogens is 314 g/mol. The molecule has 0 bridgehead atoms. The number of aryl methyl sites for hydroxylation is 1. The minimum atomic E-state index is -0.262. The van der Waals surface area contributed by atoms with Crippen molar-refractivity contribution in [2.24, 2.45) is 0 Å². The standard InChI is InChI=1S/C21H25NO3/c1-16-5-2-3-7-18(16)15-25-20-8-4-6-17(13-20)14-21(24)22-11-9-19(23)10-12-22/h2-8,13,19,23H,9-12,14-15H2,1H3. The molecule has 4 heteroatoms. The van der Waals surface area contributed by atoms with E-state index in [1.807, 2.05) is 41.3 Å². The molecule has 0 saturated carbocycles. The predicted octanol–water partition coefficient (Wildman–Crippen LogP) is 3.10. The number of rotatable bonds is 5. The van der Waals surface area contributed by atoms with Gasteiger partial charge in [0.05, 0.1) is 12.5 Å². The molecule has 1 fully saturated rings. The summed E-state index contributed by atoms with van der Waals surface area (Å²) in [5.41, 5.74) is 3.33. The van der Waals surface area contributed by atoms with Gasteiger partial charge in [-0.05, 0) is 48.6 Å². The van der Waals surface area contributed by atoms with E-state index < -0.39 is 0 Å². The molecule has 0 unspecified atom stereocenters. The molecule has 0 atom stereocenters. The zero-order valence-electron chi connectivity index (χ0n) is 14.6. The van der Waals surface area contributed by atoms with Crippen LogP contribution in [-0.2, 0) is 17.8 Å². The SMILES string of the molecule is Cc1ccccc1COc1cccc(CC(=O)N2CCC(O)CC2)c1. The van der Waals surface area contributed by atoms with E-state index in [4.69, 9.17) is 4.74 Å². The fraction of sp³-hybridized carbons (Fsp3) is 0.381. The molecule has 4 nitrogen and oxygen atoms in total. The Hall–Kier alpha value is -2.33. The number of aliphatic hydroxyl groups excluding tert-OH is 1. The average molecular weight is 339 g/mol. The first-order valence-electron chi connectivity index (χ1n) is 8.84. The Morgan fingerprint density at radius 1 is 1.16 bits per heavy atom. The van der Waals surface area contributed by atoms with E-state index in [1.165, 1.54) is 5.56 Å². The number of carbonyl (C=O) groups excluding carboxylic acids is 1. The van der Waals surface area contributed by atoms with Gasteiger partial charge in [-0.25, -0.2) is 0 Å². The number of hydrogen-bond donors (Lipinski definition) is 1. The van der Waals surface area contributed by atoms with Gasteiger partial charge in [0.15, 0.2) is 0 Å². The largest absolute Gasteiger partial charge is 0.489 e. The number of ether oxygens (including phenoxy) is 1. The fourth-order valence-electron chi connectivity index (χ4n) is 3.08. The number of nitrogens with zero attached hydrogens (tertiary/aromatic N) is 1. The Labute approximate surface area is 149 Å². The van der Waals surface area contributed by atoms with E-state index in [1.54, 1.807) is 0 Å². The van der Waals surface area contributed by atoms with Crippen LogP contribution >= 0.6 is 0 Å².